The maximum Gasteiger partial charge on any atom is 0.257 e. The van der Waals surface area contributed by atoms with Gasteiger partial charge in [0.1, 0.15) is 0 Å². The molecule has 1 aromatic heterocycles. The number of anilines is 2. The molecule has 0 aliphatic heterocycles. The first kappa shape index (κ1) is 12.2. The Hall–Kier alpha value is -2.30. The topological polar surface area (TPSA) is 83.8 Å². The zero-order valence-electron chi connectivity index (χ0n) is 10.4. The average Bonchev–Trinajstić information content (AvgIpc) is 2.76. The number of carbonyl (C=O) groups excluding carboxylic acids is 1. The number of nitrogens with one attached hydrogen (secondary N) is 2. The summed E-state index contributed by atoms with van der Waals surface area (Å²) in [6.45, 7) is 3.87. The van der Waals surface area contributed by atoms with E-state index in [1.807, 2.05) is 19.9 Å². The van der Waals surface area contributed by atoms with Crippen molar-refractivity contribution in [2.45, 2.75) is 20.3 Å². The second kappa shape index (κ2) is 4.91. The van der Waals surface area contributed by atoms with Crippen molar-refractivity contribution < 1.29 is 4.79 Å². The highest BCUT2D eigenvalue weighted by atomic mass is 16.1. The van der Waals surface area contributed by atoms with Crippen molar-refractivity contribution in [2.24, 2.45) is 0 Å². The molecule has 1 amide bonds. The van der Waals surface area contributed by atoms with Crippen LogP contribution in [0.5, 0.6) is 0 Å². The van der Waals surface area contributed by atoms with Crippen molar-refractivity contribution in [2.75, 3.05) is 11.1 Å². The van der Waals surface area contributed by atoms with Crippen LogP contribution in [0.2, 0.25) is 0 Å². The maximum absolute atomic E-state index is 12.0. The van der Waals surface area contributed by atoms with Gasteiger partial charge in [0, 0.05) is 23.0 Å². The number of benzene rings is 1. The molecule has 0 atom stereocenters. The van der Waals surface area contributed by atoms with Crippen molar-refractivity contribution in [1.29, 1.82) is 0 Å². The smallest absolute Gasteiger partial charge is 0.257 e. The summed E-state index contributed by atoms with van der Waals surface area (Å²) in [5, 5.41) is 9.62. The summed E-state index contributed by atoms with van der Waals surface area (Å²) < 4.78 is 0. The average molecular weight is 244 g/mol. The van der Waals surface area contributed by atoms with E-state index in [0.29, 0.717) is 17.1 Å². The summed E-state index contributed by atoms with van der Waals surface area (Å²) in [6.07, 6.45) is 0.851. The maximum atomic E-state index is 12.0. The third kappa shape index (κ3) is 2.51. The Balaban J connectivity index is 2.16. The van der Waals surface area contributed by atoms with Gasteiger partial charge in [0.15, 0.2) is 5.82 Å². The Bertz CT molecular complexity index is 574. The first-order valence-electron chi connectivity index (χ1n) is 5.82. The predicted molar refractivity (Wildman–Crippen MR) is 71.5 cm³/mol. The number of nitrogen functional groups attached to an aromatic ring is 1. The zero-order chi connectivity index (χ0) is 13.1. The first-order chi connectivity index (χ1) is 8.60. The van der Waals surface area contributed by atoms with Crippen molar-refractivity contribution in [3.8, 4) is 0 Å². The van der Waals surface area contributed by atoms with Crippen LogP contribution >= 0.6 is 0 Å². The van der Waals surface area contributed by atoms with Gasteiger partial charge in [-0.05, 0) is 37.1 Å². The van der Waals surface area contributed by atoms with E-state index in [4.69, 9.17) is 5.73 Å². The van der Waals surface area contributed by atoms with E-state index in [9.17, 15) is 4.79 Å². The van der Waals surface area contributed by atoms with Crippen molar-refractivity contribution >= 4 is 17.4 Å². The molecule has 0 fully saturated rings. The van der Waals surface area contributed by atoms with E-state index < -0.39 is 0 Å². The predicted octanol–water partition coefficient (Wildman–Crippen LogP) is 2.12. The number of hydrogen-bond acceptors (Lipinski definition) is 3. The summed E-state index contributed by atoms with van der Waals surface area (Å²) in [4.78, 5) is 12.0. The van der Waals surface area contributed by atoms with Crippen LogP contribution in [0.3, 0.4) is 0 Å². The Kier molecular flexibility index (Phi) is 3.32. The molecule has 18 heavy (non-hydrogen) atoms. The van der Waals surface area contributed by atoms with Gasteiger partial charge >= 0.3 is 0 Å². The third-order valence-electron chi connectivity index (χ3n) is 2.75. The van der Waals surface area contributed by atoms with Gasteiger partial charge < -0.3 is 11.1 Å². The summed E-state index contributed by atoms with van der Waals surface area (Å²) >= 11 is 0. The lowest BCUT2D eigenvalue weighted by Crippen LogP contribution is -2.13. The summed E-state index contributed by atoms with van der Waals surface area (Å²) in [7, 11) is 0. The monoisotopic (exact) mass is 244 g/mol. The van der Waals surface area contributed by atoms with Crippen LogP contribution in [0.25, 0.3) is 0 Å². The number of nitrogens with zero attached hydrogens (tertiary/aromatic N) is 1. The molecule has 0 bridgehead atoms. The van der Waals surface area contributed by atoms with Crippen LogP contribution in [-0.4, -0.2) is 16.1 Å². The molecule has 4 N–H and O–H groups in total. The largest absolute Gasteiger partial charge is 0.399 e. The molecule has 1 aromatic carbocycles. The first-order valence-corrected chi connectivity index (χ1v) is 5.82. The lowest BCUT2D eigenvalue weighted by molar-refractivity contribution is 0.102. The van der Waals surface area contributed by atoms with E-state index in [1.165, 1.54) is 0 Å². The van der Waals surface area contributed by atoms with Gasteiger partial charge in [-0.15, -0.1) is 0 Å². The van der Waals surface area contributed by atoms with Crippen LogP contribution in [0.15, 0.2) is 24.3 Å². The molecular formula is C13H16N4O. The number of H-pyrrole nitrogens is 1. The zero-order valence-corrected chi connectivity index (χ0v) is 10.4. The fourth-order valence-corrected chi connectivity index (χ4v) is 1.73. The summed E-state index contributed by atoms with van der Waals surface area (Å²) in [5.74, 6) is 0.356. The molecule has 94 valence electrons. The highest BCUT2D eigenvalue weighted by Crippen LogP contribution is 2.14. The molecule has 2 aromatic rings. The number of aryl methyl sites for hydroxylation is 2. The number of rotatable bonds is 3. The molecule has 0 radical (unpaired) electrons. The van der Waals surface area contributed by atoms with Crippen LogP contribution in [0, 0.1) is 6.92 Å². The highest BCUT2D eigenvalue weighted by molar-refractivity contribution is 6.05. The van der Waals surface area contributed by atoms with Gasteiger partial charge in [-0.3, -0.25) is 9.89 Å². The molecule has 0 aliphatic carbocycles. The number of amides is 1. The van der Waals surface area contributed by atoms with E-state index in [1.54, 1.807) is 18.2 Å². The fraction of sp³-hybridized carbons (Fsp3) is 0.231. The molecule has 2 rings (SSSR count). The van der Waals surface area contributed by atoms with Crippen LogP contribution < -0.4 is 11.1 Å². The lowest BCUT2D eigenvalue weighted by Gasteiger charge is -2.06. The molecule has 1 heterocycles. The minimum absolute atomic E-state index is 0.179. The SMILES string of the molecule is CCc1cc(NC(=O)c2ccc(N)cc2C)n[nH]1. The van der Waals surface area contributed by atoms with E-state index >= 15 is 0 Å². The van der Waals surface area contributed by atoms with Gasteiger partial charge in [0.25, 0.3) is 5.91 Å². The number of aromatic amines is 1. The molecule has 0 spiro atoms. The summed E-state index contributed by atoms with van der Waals surface area (Å²) in [6, 6.07) is 7.03. The Morgan fingerprint density at radius 1 is 1.44 bits per heavy atom. The quantitative estimate of drug-likeness (QED) is 0.723. The van der Waals surface area contributed by atoms with Crippen LogP contribution in [-0.2, 0) is 6.42 Å². The van der Waals surface area contributed by atoms with Gasteiger partial charge in [-0.1, -0.05) is 6.92 Å². The Morgan fingerprint density at radius 3 is 2.83 bits per heavy atom. The second-order valence-electron chi connectivity index (χ2n) is 4.16. The highest BCUT2D eigenvalue weighted by Gasteiger charge is 2.10. The standard InChI is InChI=1S/C13H16N4O/c1-3-10-7-12(17-16-10)15-13(18)11-5-4-9(14)6-8(11)2/h4-7H,3,14H2,1-2H3,(H2,15,16,17,18). The molecule has 5 nitrogen and oxygen atoms in total. The number of aromatic nitrogens is 2. The van der Waals surface area contributed by atoms with Gasteiger partial charge in [-0.25, -0.2) is 0 Å². The Morgan fingerprint density at radius 2 is 2.22 bits per heavy atom. The fourth-order valence-electron chi connectivity index (χ4n) is 1.73. The van der Waals surface area contributed by atoms with Gasteiger partial charge in [0.2, 0.25) is 0 Å². The van der Waals surface area contributed by atoms with Gasteiger partial charge in [0.05, 0.1) is 0 Å². The molecule has 5 heteroatoms. The van der Waals surface area contributed by atoms with Gasteiger partial charge in [-0.2, -0.15) is 5.10 Å². The lowest BCUT2D eigenvalue weighted by atomic mass is 10.1. The molecule has 0 unspecified atom stereocenters. The van der Waals surface area contributed by atoms with Crippen molar-refractivity contribution in [1.82, 2.24) is 10.2 Å². The molecular weight excluding hydrogens is 228 g/mol. The molecule has 0 aliphatic rings. The Labute approximate surface area is 105 Å². The van der Waals surface area contributed by atoms with Crippen molar-refractivity contribution in [3.63, 3.8) is 0 Å². The van der Waals surface area contributed by atoms with Crippen LogP contribution in [0.4, 0.5) is 11.5 Å². The summed E-state index contributed by atoms with van der Waals surface area (Å²) in [5.41, 5.74) is 8.74. The number of carbonyl (C=O) groups is 1. The van der Waals surface area contributed by atoms with E-state index in [-0.39, 0.29) is 5.91 Å². The van der Waals surface area contributed by atoms with E-state index in [2.05, 4.69) is 15.5 Å². The van der Waals surface area contributed by atoms with Crippen molar-refractivity contribution in [3.05, 3.63) is 41.1 Å². The number of hydrogen-bond donors (Lipinski definition) is 3. The van der Waals surface area contributed by atoms with E-state index in [0.717, 1.165) is 17.7 Å². The number of nitrogens with two attached hydrogens (primary N) is 1. The minimum atomic E-state index is -0.179. The minimum Gasteiger partial charge on any atom is -0.399 e. The second-order valence-corrected chi connectivity index (χ2v) is 4.16. The third-order valence-corrected chi connectivity index (χ3v) is 2.75. The normalized spacial score (nSPS) is 10.3. The van der Waals surface area contributed by atoms with Crippen LogP contribution in [0.1, 0.15) is 28.5 Å². The molecule has 0 saturated carbocycles. The molecule has 0 saturated heterocycles.